The van der Waals surface area contributed by atoms with Gasteiger partial charge in [-0.1, -0.05) is 6.07 Å². The van der Waals surface area contributed by atoms with Crippen LogP contribution in [0.1, 0.15) is 18.4 Å². The maximum Gasteiger partial charge on any atom is 0.244 e. The van der Waals surface area contributed by atoms with Gasteiger partial charge in [-0.2, -0.15) is 0 Å². The van der Waals surface area contributed by atoms with Crippen LogP contribution in [0.2, 0.25) is 0 Å². The van der Waals surface area contributed by atoms with Gasteiger partial charge >= 0.3 is 0 Å². The molecule has 0 saturated carbocycles. The van der Waals surface area contributed by atoms with E-state index in [1.807, 2.05) is 24.3 Å². The van der Waals surface area contributed by atoms with Crippen molar-refractivity contribution in [2.24, 2.45) is 5.92 Å². The summed E-state index contributed by atoms with van der Waals surface area (Å²) in [6.45, 7) is 2.77. The molecule has 1 aromatic carbocycles. The lowest BCUT2D eigenvalue weighted by atomic mass is 9.97. The number of benzene rings is 1. The first-order chi connectivity index (χ1) is 13.3. The molecule has 2 aliphatic rings. The van der Waals surface area contributed by atoms with Gasteiger partial charge in [0, 0.05) is 38.1 Å². The van der Waals surface area contributed by atoms with Crippen LogP contribution in [0.15, 0.2) is 42.7 Å². The molecule has 1 amide bonds. The highest BCUT2D eigenvalue weighted by molar-refractivity contribution is 5.91. The topological polar surface area (TPSA) is 76.6 Å². The summed E-state index contributed by atoms with van der Waals surface area (Å²) < 4.78 is 10.6. The Morgan fingerprint density at radius 1 is 1.19 bits per heavy atom. The minimum absolute atomic E-state index is 0.0820. The number of rotatable bonds is 5. The Morgan fingerprint density at radius 2 is 1.96 bits per heavy atom. The number of aromatic nitrogens is 2. The third-order valence-electron chi connectivity index (χ3n) is 4.84. The zero-order chi connectivity index (χ0) is 18.5. The van der Waals surface area contributed by atoms with Crippen LogP contribution in [-0.4, -0.2) is 42.3 Å². The van der Waals surface area contributed by atoms with Crippen molar-refractivity contribution in [1.29, 1.82) is 0 Å². The summed E-state index contributed by atoms with van der Waals surface area (Å²) in [5.74, 6) is 2.64. The standard InChI is InChI=1S/C20H22N4O3/c25-19(5-3-15-2-4-17-18(12-15)27-14-26-17)23-13-16-6-10-24(11-7-16)20-21-8-1-9-22-20/h1-5,8-9,12,16H,6-7,10-11,13-14H2,(H,23,25). The van der Waals surface area contributed by atoms with Gasteiger partial charge in [0.05, 0.1) is 0 Å². The molecule has 2 aliphatic heterocycles. The molecule has 1 N–H and O–H groups in total. The molecule has 4 rings (SSSR count). The monoisotopic (exact) mass is 366 g/mol. The molecule has 0 bridgehead atoms. The molecule has 0 radical (unpaired) electrons. The Balaban J connectivity index is 1.22. The molecule has 0 spiro atoms. The maximum atomic E-state index is 12.1. The fraction of sp³-hybridized carbons (Fsp3) is 0.350. The van der Waals surface area contributed by atoms with Crippen molar-refractivity contribution >= 4 is 17.9 Å². The first kappa shape index (κ1) is 17.3. The molecule has 140 valence electrons. The summed E-state index contributed by atoms with van der Waals surface area (Å²) in [6, 6.07) is 7.44. The van der Waals surface area contributed by atoms with Crippen molar-refractivity contribution in [3.05, 3.63) is 48.3 Å². The summed E-state index contributed by atoms with van der Waals surface area (Å²) in [7, 11) is 0. The van der Waals surface area contributed by atoms with Crippen LogP contribution in [0.4, 0.5) is 5.95 Å². The van der Waals surface area contributed by atoms with Gasteiger partial charge in [-0.3, -0.25) is 4.79 Å². The van der Waals surface area contributed by atoms with Crippen molar-refractivity contribution in [1.82, 2.24) is 15.3 Å². The van der Waals surface area contributed by atoms with E-state index in [2.05, 4.69) is 20.2 Å². The Kier molecular flexibility index (Phi) is 5.18. The van der Waals surface area contributed by atoms with E-state index in [1.165, 1.54) is 0 Å². The molecule has 2 aromatic rings. The highest BCUT2D eigenvalue weighted by atomic mass is 16.7. The quantitative estimate of drug-likeness (QED) is 0.818. The number of anilines is 1. The molecular weight excluding hydrogens is 344 g/mol. The number of fused-ring (bicyclic) bond motifs is 1. The van der Waals surface area contributed by atoms with Gasteiger partial charge < -0.3 is 19.7 Å². The Labute approximate surface area is 158 Å². The van der Waals surface area contributed by atoms with Gasteiger partial charge in [-0.15, -0.1) is 0 Å². The van der Waals surface area contributed by atoms with Gasteiger partial charge in [-0.25, -0.2) is 9.97 Å². The second-order valence-corrected chi connectivity index (χ2v) is 6.67. The molecule has 0 aliphatic carbocycles. The number of hydrogen-bond acceptors (Lipinski definition) is 6. The molecular formula is C20H22N4O3. The number of carbonyl (C=O) groups excluding carboxylic acids is 1. The second kappa shape index (κ2) is 8.07. The highest BCUT2D eigenvalue weighted by Crippen LogP contribution is 2.32. The average Bonchev–Trinajstić information content (AvgIpc) is 3.19. The van der Waals surface area contributed by atoms with Crippen LogP contribution in [0, 0.1) is 5.92 Å². The number of hydrogen-bond donors (Lipinski definition) is 1. The number of ether oxygens (including phenoxy) is 2. The summed E-state index contributed by atoms with van der Waals surface area (Å²) in [5, 5.41) is 3.00. The Bertz CT molecular complexity index is 817. The van der Waals surface area contributed by atoms with E-state index in [-0.39, 0.29) is 12.7 Å². The number of nitrogens with zero attached hydrogens (tertiary/aromatic N) is 3. The number of nitrogens with one attached hydrogen (secondary N) is 1. The number of piperidine rings is 1. The van der Waals surface area contributed by atoms with Gasteiger partial charge in [0.15, 0.2) is 11.5 Å². The summed E-state index contributed by atoms with van der Waals surface area (Å²) in [6.07, 6.45) is 8.91. The smallest absolute Gasteiger partial charge is 0.244 e. The zero-order valence-electron chi connectivity index (χ0n) is 15.0. The third kappa shape index (κ3) is 4.36. The predicted molar refractivity (Wildman–Crippen MR) is 102 cm³/mol. The number of carbonyl (C=O) groups is 1. The molecule has 7 heteroatoms. The van der Waals surface area contributed by atoms with E-state index in [9.17, 15) is 4.79 Å². The van der Waals surface area contributed by atoms with E-state index in [1.54, 1.807) is 24.5 Å². The minimum Gasteiger partial charge on any atom is -0.454 e. The molecule has 1 aromatic heterocycles. The van der Waals surface area contributed by atoms with Crippen molar-refractivity contribution in [3.63, 3.8) is 0 Å². The fourth-order valence-electron chi connectivity index (χ4n) is 3.28. The van der Waals surface area contributed by atoms with E-state index in [0.717, 1.165) is 43.2 Å². The molecule has 0 atom stereocenters. The predicted octanol–water partition coefficient (Wildman–Crippen LogP) is 2.25. The largest absolute Gasteiger partial charge is 0.454 e. The van der Waals surface area contributed by atoms with Crippen molar-refractivity contribution in [2.75, 3.05) is 31.3 Å². The Morgan fingerprint density at radius 3 is 2.78 bits per heavy atom. The SMILES string of the molecule is O=C(C=Cc1ccc2c(c1)OCO2)NCC1CCN(c2ncccn2)CC1. The molecule has 1 fully saturated rings. The third-order valence-corrected chi connectivity index (χ3v) is 4.84. The maximum absolute atomic E-state index is 12.1. The van der Waals surface area contributed by atoms with Crippen LogP contribution < -0.4 is 19.7 Å². The van der Waals surface area contributed by atoms with Crippen molar-refractivity contribution in [3.8, 4) is 11.5 Å². The van der Waals surface area contributed by atoms with E-state index < -0.39 is 0 Å². The summed E-state index contributed by atoms with van der Waals surface area (Å²) in [5.41, 5.74) is 0.908. The fourth-order valence-corrected chi connectivity index (χ4v) is 3.28. The molecule has 27 heavy (non-hydrogen) atoms. The van der Waals surface area contributed by atoms with Crippen LogP contribution in [0.25, 0.3) is 6.08 Å². The average molecular weight is 366 g/mol. The molecule has 3 heterocycles. The van der Waals surface area contributed by atoms with Gasteiger partial charge in [0.1, 0.15) is 0 Å². The molecule has 7 nitrogen and oxygen atoms in total. The summed E-state index contributed by atoms with van der Waals surface area (Å²) in [4.78, 5) is 22.9. The lowest BCUT2D eigenvalue weighted by Gasteiger charge is -2.31. The second-order valence-electron chi connectivity index (χ2n) is 6.67. The first-order valence-electron chi connectivity index (χ1n) is 9.15. The highest BCUT2D eigenvalue weighted by Gasteiger charge is 2.21. The number of amides is 1. The van der Waals surface area contributed by atoms with E-state index in [0.29, 0.717) is 18.2 Å². The Hall–Kier alpha value is -3.09. The van der Waals surface area contributed by atoms with Crippen LogP contribution in [0.5, 0.6) is 11.5 Å². The first-order valence-corrected chi connectivity index (χ1v) is 9.15. The van der Waals surface area contributed by atoms with Gasteiger partial charge in [0.25, 0.3) is 0 Å². The zero-order valence-corrected chi connectivity index (χ0v) is 15.0. The minimum atomic E-state index is -0.0820. The van der Waals surface area contributed by atoms with Crippen LogP contribution in [0.3, 0.4) is 0 Å². The molecule has 1 saturated heterocycles. The summed E-state index contributed by atoms with van der Waals surface area (Å²) >= 11 is 0. The van der Waals surface area contributed by atoms with Crippen LogP contribution in [-0.2, 0) is 4.79 Å². The lowest BCUT2D eigenvalue weighted by Crippen LogP contribution is -2.39. The van der Waals surface area contributed by atoms with E-state index in [4.69, 9.17) is 9.47 Å². The van der Waals surface area contributed by atoms with Gasteiger partial charge in [0.2, 0.25) is 18.6 Å². The van der Waals surface area contributed by atoms with Crippen molar-refractivity contribution in [2.45, 2.75) is 12.8 Å². The van der Waals surface area contributed by atoms with E-state index >= 15 is 0 Å². The van der Waals surface area contributed by atoms with Gasteiger partial charge in [-0.05, 0) is 48.6 Å². The normalized spacial score (nSPS) is 16.7. The molecule has 0 unspecified atom stereocenters. The lowest BCUT2D eigenvalue weighted by molar-refractivity contribution is -0.116. The van der Waals surface area contributed by atoms with Crippen LogP contribution >= 0.6 is 0 Å². The van der Waals surface area contributed by atoms with Crippen molar-refractivity contribution < 1.29 is 14.3 Å².